The van der Waals surface area contributed by atoms with Gasteiger partial charge in [-0.2, -0.15) is 4.84 Å². The van der Waals surface area contributed by atoms with E-state index in [-0.39, 0.29) is 18.6 Å². The van der Waals surface area contributed by atoms with Crippen molar-refractivity contribution in [2.24, 2.45) is 10.8 Å². The lowest BCUT2D eigenvalue weighted by Crippen LogP contribution is -3.01. The van der Waals surface area contributed by atoms with Crippen LogP contribution in [0.15, 0.2) is 35.4 Å². The zero-order valence-corrected chi connectivity index (χ0v) is 18.1. The fourth-order valence-electron chi connectivity index (χ4n) is 3.10. The first kappa shape index (κ1) is 23.9. The van der Waals surface area contributed by atoms with Crippen LogP contribution in [-0.4, -0.2) is 48.0 Å². The topological polar surface area (TPSA) is 126 Å². The minimum Gasteiger partial charge on any atom is -0.572 e. The Morgan fingerprint density at radius 1 is 1.37 bits per heavy atom. The minimum atomic E-state index is -0.783. The molecule has 2 rings (SSSR count). The van der Waals surface area contributed by atoms with E-state index in [0.29, 0.717) is 19.6 Å². The summed E-state index contributed by atoms with van der Waals surface area (Å²) in [6.07, 6.45) is 0.324. The van der Waals surface area contributed by atoms with Crippen molar-refractivity contribution in [3.05, 3.63) is 41.1 Å². The third-order valence-electron chi connectivity index (χ3n) is 4.31. The maximum absolute atomic E-state index is 12.2. The molecule has 0 spiro atoms. The summed E-state index contributed by atoms with van der Waals surface area (Å²) in [6.45, 7) is 8.28. The molecular weight excluding hydrogens is 390 g/mol. The number of likely N-dealkylation sites (tertiary alicyclic amines) is 1. The van der Waals surface area contributed by atoms with Crippen LogP contribution in [0.3, 0.4) is 0 Å². The second-order valence-corrected chi connectivity index (χ2v) is 7.94. The molecule has 0 radical (unpaired) electrons. The number of hydrogen-bond donors (Lipinski definition) is 3. The fourth-order valence-corrected chi connectivity index (χ4v) is 3.10. The number of quaternary nitrogens is 1. The van der Waals surface area contributed by atoms with E-state index in [1.807, 2.05) is 37.3 Å². The van der Waals surface area contributed by atoms with Gasteiger partial charge in [0.25, 0.3) is 5.96 Å². The quantitative estimate of drug-likeness (QED) is 0.340. The van der Waals surface area contributed by atoms with Crippen LogP contribution in [0.4, 0.5) is 4.79 Å². The molecule has 1 saturated heterocycles. The van der Waals surface area contributed by atoms with Crippen LogP contribution in [-0.2, 0) is 20.9 Å². The SMILES string of the molecule is CCOC1C(NC(=O)OC(C)(C)C)CCCN1/C(N)=N/[NH+]([O-])OCc1ccccc1. The molecule has 3 atom stereocenters. The second kappa shape index (κ2) is 11.1. The number of piperidine rings is 1. The van der Waals surface area contributed by atoms with E-state index in [4.69, 9.17) is 20.0 Å². The highest BCUT2D eigenvalue weighted by Crippen LogP contribution is 2.19. The third-order valence-corrected chi connectivity index (χ3v) is 4.31. The van der Waals surface area contributed by atoms with Crippen molar-refractivity contribution in [1.29, 1.82) is 0 Å². The highest BCUT2D eigenvalue weighted by atomic mass is 16.9. The highest BCUT2D eigenvalue weighted by molar-refractivity contribution is 5.78. The Hall–Kier alpha value is -2.40. The Balaban J connectivity index is 2.01. The molecule has 168 valence electrons. The number of hydrogen-bond acceptors (Lipinski definition) is 6. The summed E-state index contributed by atoms with van der Waals surface area (Å²) in [5.74, 6) is -0.0119. The summed E-state index contributed by atoms with van der Waals surface area (Å²) < 4.78 is 11.2. The van der Waals surface area contributed by atoms with Gasteiger partial charge in [-0.1, -0.05) is 35.7 Å². The number of guanidine groups is 1. The lowest BCUT2D eigenvalue weighted by Gasteiger charge is -2.41. The second-order valence-electron chi connectivity index (χ2n) is 7.94. The van der Waals surface area contributed by atoms with Crippen molar-refractivity contribution < 1.29 is 24.4 Å². The van der Waals surface area contributed by atoms with Gasteiger partial charge in [-0.25, -0.2) is 4.79 Å². The molecule has 1 aliphatic heterocycles. The summed E-state index contributed by atoms with van der Waals surface area (Å²) in [5, 5.41) is 18.0. The molecule has 10 nitrogen and oxygen atoms in total. The number of nitrogens with one attached hydrogen (secondary N) is 2. The first-order valence-corrected chi connectivity index (χ1v) is 10.1. The molecular formula is C20H33N5O5. The van der Waals surface area contributed by atoms with Crippen molar-refractivity contribution in [3.63, 3.8) is 0 Å². The molecule has 1 aromatic carbocycles. The van der Waals surface area contributed by atoms with E-state index < -0.39 is 23.3 Å². The monoisotopic (exact) mass is 423 g/mol. The van der Waals surface area contributed by atoms with Crippen LogP contribution in [0, 0.1) is 5.21 Å². The summed E-state index contributed by atoms with van der Waals surface area (Å²) in [4.78, 5) is 19.0. The van der Waals surface area contributed by atoms with Gasteiger partial charge in [0.15, 0.2) is 6.23 Å². The third kappa shape index (κ3) is 7.79. The molecule has 1 amide bonds. The number of nitrogens with two attached hydrogens (primary N) is 1. The van der Waals surface area contributed by atoms with E-state index in [1.165, 1.54) is 0 Å². The van der Waals surface area contributed by atoms with Gasteiger partial charge in [-0.05, 0) is 51.2 Å². The molecule has 1 aliphatic rings. The number of rotatable bonds is 7. The van der Waals surface area contributed by atoms with Gasteiger partial charge in [0.2, 0.25) is 0 Å². The van der Waals surface area contributed by atoms with Crippen molar-refractivity contribution in [3.8, 4) is 0 Å². The Kier molecular flexibility index (Phi) is 8.85. The normalized spacial score (nSPS) is 21.2. The summed E-state index contributed by atoms with van der Waals surface area (Å²) in [5.41, 5.74) is 6.33. The van der Waals surface area contributed by atoms with Crippen LogP contribution in [0.1, 0.15) is 46.1 Å². The highest BCUT2D eigenvalue weighted by Gasteiger charge is 2.35. The predicted molar refractivity (Wildman–Crippen MR) is 112 cm³/mol. The Morgan fingerprint density at radius 2 is 2.07 bits per heavy atom. The van der Waals surface area contributed by atoms with Crippen molar-refractivity contribution >= 4 is 12.1 Å². The maximum atomic E-state index is 12.2. The van der Waals surface area contributed by atoms with Gasteiger partial charge in [-0.3, -0.25) is 0 Å². The Labute approximate surface area is 177 Å². The van der Waals surface area contributed by atoms with Gasteiger partial charge in [0, 0.05) is 13.2 Å². The lowest BCUT2D eigenvalue weighted by molar-refractivity contribution is -1.06. The molecule has 0 saturated carbocycles. The molecule has 0 bridgehead atoms. The zero-order valence-electron chi connectivity index (χ0n) is 18.1. The number of nitrogens with zero attached hydrogens (tertiary/aromatic N) is 2. The lowest BCUT2D eigenvalue weighted by atomic mass is 10.0. The van der Waals surface area contributed by atoms with Crippen LogP contribution < -0.4 is 16.4 Å². The average molecular weight is 424 g/mol. The van der Waals surface area contributed by atoms with Crippen LogP contribution in [0.25, 0.3) is 0 Å². The van der Waals surface area contributed by atoms with Crippen molar-refractivity contribution in [2.75, 3.05) is 13.2 Å². The van der Waals surface area contributed by atoms with Gasteiger partial charge >= 0.3 is 6.09 Å². The molecule has 1 heterocycles. The van der Waals surface area contributed by atoms with E-state index in [1.54, 1.807) is 25.7 Å². The van der Waals surface area contributed by atoms with Gasteiger partial charge in [0.05, 0.1) is 6.04 Å². The standard InChI is InChI=1S/C20H33N5O5/c1-5-28-17-16(22-19(26)30-20(2,3)4)12-9-13-24(17)18(21)23-25(27)29-14-15-10-7-6-8-11-15/h6-8,10-11,16-17,25H,5,9,12-14H2,1-4H3,(H2,21,23)(H,22,26). The Bertz CT molecular complexity index is 695. The first-order chi connectivity index (χ1) is 14.2. The van der Waals surface area contributed by atoms with Crippen LogP contribution >= 0.6 is 0 Å². The minimum absolute atomic E-state index is 0.0119. The predicted octanol–water partition coefficient (Wildman–Crippen LogP) is 1.08. The molecule has 10 heteroatoms. The molecule has 30 heavy (non-hydrogen) atoms. The number of amides is 1. The number of carbonyl (C=O) groups is 1. The smallest absolute Gasteiger partial charge is 0.408 e. The largest absolute Gasteiger partial charge is 0.572 e. The van der Waals surface area contributed by atoms with E-state index in [0.717, 1.165) is 12.0 Å². The average Bonchev–Trinajstić information content (AvgIpc) is 2.67. The Morgan fingerprint density at radius 3 is 2.70 bits per heavy atom. The summed E-state index contributed by atoms with van der Waals surface area (Å²) >= 11 is 0. The zero-order chi connectivity index (χ0) is 22.1. The first-order valence-electron chi connectivity index (χ1n) is 10.1. The number of benzene rings is 1. The number of alkyl carbamates (subject to hydrolysis) is 1. The number of carbonyl (C=O) groups excluding carboxylic acids is 1. The fraction of sp³-hybridized carbons (Fsp3) is 0.600. The summed E-state index contributed by atoms with van der Waals surface area (Å²) in [6, 6.07) is 8.94. The molecule has 0 aliphatic carbocycles. The molecule has 4 N–H and O–H groups in total. The summed E-state index contributed by atoms with van der Waals surface area (Å²) in [7, 11) is 0. The van der Waals surface area contributed by atoms with Gasteiger partial charge in [-0.15, -0.1) is 0 Å². The molecule has 3 unspecified atom stereocenters. The van der Waals surface area contributed by atoms with Crippen LogP contribution in [0.2, 0.25) is 0 Å². The molecule has 0 aromatic heterocycles. The van der Waals surface area contributed by atoms with Gasteiger partial charge in [0.1, 0.15) is 12.2 Å². The van der Waals surface area contributed by atoms with E-state index in [9.17, 15) is 10.0 Å². The molecule has 1 aromatic rings. The van der Waals surface area contributed by atoms with Crippen molar-refractivity contribution in [2.45, 2.75) is 65.0 Å². The maximum Gasteiger partial charge on any atom is 0.408 e. The van der Waals surface area contributed by atoms with E-state index in [2.05, 4.69) is 10.4 Å². The van der Waals surface area contributed by atoms with Crippen molar-refractivity contribution in [1.82, 2.24) is 10.2 Å². The number of ether oxygens (including phenoxy) is 2. The van der Waals surface area contributed by atoms with E-state index >= 15 is 0 Å². The van der Waals surface area contributed by atoms with Gasteiger partial charge < -0.3 is 30.6 Å². The van der Waals surface area contributed by atoms with Crippen LogP contribution in [0.5, 0.6) is 0 Å². The molecule has 1 fully saturated rings.